The summed E-state index contributed by atoms with van der Waals surface area (Å²) >= 11 is 0. The number of aromatic nitrogens is 3. The number of rotatable bonds is 3. The molecule has 0 spiro atoms. The number of nitrogens with zero attached hydrogens (tertiary/aromatic N) is 3. The van der Waals surface area contributed by atoms with Gasteiger partial charge in [0, 0.05) is 5.56 Å². The van der Waals surface area contributed by atoms with E-state index in [0.29, 0.717) is 5.82 Å². The number of hydrogen-bond acceptors (Lipinski definition) is 2. The van der Waals surface area contributed by atoms with Crippen molar-refractivity contribution in [3.8, 4) is 22.8 Å². The molecule has 4 nitrogen and oxygen atoms in total. The van der Waals surface area contributed by atoms with E-state index in [1.807, 2.05) is 95.7 Å². The molecule has 0 aliphatic carbocycles. The third-order valence-corrected chi connectivity index (χ3v) is 3.82. The molecule has 3 aromatic carbocycles. The van der Waals surface area contributed by atoms with Crippen LogP contribution in [0.3, 0.4) is 0 Å². The second-order valence-electron chi connectivity index (χ2n) is 5.38. The van der Waals surface area contributed by atoms with Crippen LogP contribution in [0.15, 0.2) is 95.8 Å². The molecule has 1 heterocycles. The molecule has 0 saturated carbocycles. The Labute approximate surface area is 139 Å². The van der Waals surface area contributed by atoms with Gasteiger partial charge in [-0.2, -0.15) is 9.67 Å². The van der Waals surface area contributed by atoms with Gasteiger partial charge in [0.05, 0.1) is 11.4 Å². The highest BCUT2D eigenvalue weighted by atomic mass is 16.2. The van der Waals surface area contributed by atoms with Crippen molar-refractivity contribution in [1.29, 1.82) is 0 Å². The smallest absolute Gasteiger partial charge is 0.244 e. The van der Waals surface area contributed by atoms with Crippen LogP contribution in [-0.4, -0.2) is 14.3 Å². The maximum atomic E-state index is 12.6. The lowest BCUT2D eigenvalue weighted by Gasteiger charge is -2.13. The molecule has 0 atom stereocenters. The first kappa shape index (κ1) is 14.2. The van der Waals surface area contributed by atoms with Gasteiger partial charge in [0.1, 0.15) is 0 Å². The second kappa shape index (κ2) is 6.01. The molecule has 0 N–H and O–H groups in total. The Hall–Kier alpha value is -3.40. The highest BCUT2D eigenvalue weighted by molar-refractivity contribution is 5.58. The molecule has 0 radical (unpaired) electrons. The summed E-state index contributed by atoms with van der Waals surface area (Å²) in [7, 11) is 0. The van der Waals surface area contributed by atoms with Crippen molar-refractivity contribution in [3.05, 3.63) is 101 Å². The maximum Gasteiger partial charge on any atom is 0.369 e. The quantitative estimate of drug-likeness (QED) is 0.579. The normalized spacial score (nSPS) is 10.7. The van der Waals surface area contributed by atoms with Gasteiger partial charge >= 0.3 is 5.69 Å². The molecule has 0 saturated heterocycles. The Balaban J connectivity index is 2.05. The van der Waals surface area contributed by atoms with Crippen LogP contribution in [-0.2, 0) is 0 Å². The largest absolute Gasteiger partial charge is 0.369 e. The van der Waals surface area contributed by atoms with Crippen LogP contribution in [0.2, 0.25) is 0 Å². The summed E-state index contributed by atoms with van der Waals surface area (Å²) in [6.45, 7) is 0. The Kier molecular flexibility index (Phi) is 3.56. The lowest BCUT2D eigenvalue weighted by atomic mass is 10.2. The first-order chi connectivity index (χ1) is 11.8. The molecule has 4 heteroatoms. The summed E-state index contributed by atoms with van der Waals surface area (Å²) in [5.41, 5.74) is 2.26. The Bertz CT molecular complexity index is 1000. The summed E-state index contributed by atoms with van der Waals surface area (Å²) in [5.74, 6) is 0.621. The molecule has 0 amide bonds. The molecule has 0 unspecified atom stereocenters. The van der Waals surface area contributed by atoms with E-state index < -0.39 is 0 Å². The Morgan fingerprint density at radius 2 is 1.04 bits per heavy atom. The molecule has 0 fully saturated rings. The summed E-state index contributed by atoms with van der Waals surface area (Å²) in [6, 6.07) is 29.1. The lowest BCUT2D eigenvalue weighted by molar-refractivity contribution is 0.727. The van der Waals surface area contributed by atoms with Crippen LogP contribution in [0.25, 0.3) is 22.8 Å². The summed E-state index contributed by atoms with van der Waals surface area (Å²) in [6.07, 6.45) is 0. The Morgan fingerprint density at radius 3 is 1.58 bits per heavy atom. The van der Waals surface area contributed by atoms with E-state index in [1.165, 1.54) is 0 Å². The fraction of sp³-hybridized carbons (Fsp3) is 0. The van der Waals surface area contributed by atoms with E-state index >= 15 is 0 Å². The van der Waals surface area contributed by atoms with Crippen molar-refractivity contribution in [2.24, 2.45) is 0 Å². The number of para-hydroxylation sites is 2. The topological polar surface area (TPSA) is 39.8 Å². The minimum atomic E-state index is -0.302. The molecule has 116 valence electrons. The van der Waals surface area contributed by atoms with E-state index in [4.69, 9.17) is 0 Å². The van der Waals surface area contributed by atoms with Gasteiger partial charge in [0.15, 0.2) is 5.82 Å². The number of benzene rings is 3. The van der Waals surface area contributed by atoms with E-state index in [-0.39, 0.29) is 5.69 Å². The van der Waals surface area contributed by atoms with Gasteiger partial charge in [0.25, 0.3) is 0 Å². The standard InChI is InChI=1S/C20H15N3O/c24-20-21-19(16-10-4-1-5-11-16)22(17-12-6-2-7-13-17)23(20)18-14-8-3-9-15-18/h1-15H. The minimum Gasteiger partial charge on any atom is -0.244 e. The molecular formula is C20H15N3O. The van der Waals surface area contributed by atoms with E-state index in [9.17, 15) is 4.79 Å². The Morgan fingerprint density at radius 1 is 0.583 bits per heavy atom. The van der Waals surface area contributed by atoms with Crippen molar-refractivity contribution in [1.82, 2.24) is 14.3 Å². The highest BCUT2D eigenvalue weighted by Crippen LogP contribution is 2.21. The van der Waals surface area contributed by atoms with Gasteiger partial charge in [-0.25, -0.2) is 9.48 Å². The van der Waals surface area contributed by atoms with E-state index in [2.05, 4.69) is 4.98 Å². The van der Waals surface area contributed by atoms with Crippen molar-refractivity contribution in [2.75, 3.05) is 0 Å². The molecule has 1 aromatic heterocycles. The SMILES string of the molecule is O=c1nc(-c2ccccc2)n(-c2ccccc2)n1-c1ccccc1. The van der Waals surface area contributed by atoms with Crippen molar-refractivity contribution in [2.45, 2.75) is 0 Å². The first-order valence-corrected chi connectivity index (χ1v) is 7.73. The van der Waals surface area contributed by atoms with Gasteiger partial charge in [-0.15, -0.1) is 0 Å². The minimum absolute atomic E-state index is 0.302. The van der Waals surface area contributed by atoms with Crippen LogP contribution in [0.5, 0.6) is 0 Å². The predicted octanol–water partition coefficient (Wildman–Crippen LogP) is 3.69. The van der Waals surface area contributed by atoms with Crippen molar-refractivity contribution < 1.29 is 0 Å². The zero-order chi connectivity index (χ0) is 16.4. The molecule has 0 bridgehead atoms. The second-order valence-corrected chi connectivity index (χ2v) is 5.38. The third-order valence-electron chi connectivity index (χ3n) is 3.82. The molecule has 4 aromatic rings. The zero-order valence-electron chi connectivity index (χ0n) is 12.9. The highest BCUT2D eigenvalue weighted by Gasteiger charge is 2.17. The van der Waals surface area contributed by atoms with E-state index in [0.717, 1.165) is 16.9 Å². The van der Waals surface area contributed by atoms with Gasteiger partial charge < -0.3 is 0 Å². The first-order valence-electron chi connectivity index (χ1n) is 7.73. The predicted molar refractivity (Wildman–Crippen MR) is 94.6 cm³/mol. The molecule has 0 aliphatic rings. The summed E-state index contributed by atoms with van der Waals surface area (Å²) in [4.78, 5) is 16.9. The van der Waals surface area contributed by atoms with Gasteiger partial charge in [0.2, 0.25) is 0 Å². The van der Waals surface area contributed by atoms with Crippen molar-refractivity contribution >= 4 is 0 Å². The average molecular weight is 313 g/mol. The zero-order valence-corrected chi connectivity index (χ0v) is 12.9. The summed E-state index contributed by atoms with van der Waals surface area (Å²) in [5, 5.41) is 0. The van der Waals surface area contributed by atoms with Crippen LogP contribution < -0.4 is 5.69 Å². The van der Waals surface area contributed by atoms with Crippen molar-refractivity contribution in [3.63, 3.8) is 0 Å². The summed E-state index contributed by atoms with van der Waals surface area (Å²) < 4.78 is 3.45. The third kappa shape index (κ3) is 2.44. The number of hydrogen-bond donors (Lipinski definition) is 0. The molecule has 24 heavy (non-hydrogen) atoms. The van der Waals surface area contributed by atoms with Crippen LogP contribution in [0, 0.1) is 0 Å². The molecule has 0 aliphatic heterocycles. The van der Waals surface area contributed by atoms with Gasteiger partial charge in [-0.1, -0.05) is 66.7 Å². The maximum absolute atomic E-state index is 12.6. The lowest BCUT2D eigenvalue weighted by Crippen LogP contribution is -2.21. The average Bonchev–Trinajstić information content (AvgIpc) is 3.01. The van der Waals surface area contributed by atoms with Gasteiger partial charge in [-0.05, 0) is 24.3 Å². The van der Waals surface area contributed by atoms with E-state index in [1.54, 1.807) is 4.68 Å². The molecular weight excluding hydrogens is 298 g/mol. The van der Waals surface area contributed by atoms with Gasteiger partial charge in [-0.3, -0.25) is 0 Å². The van der Waals surface area contributed by atoms with Crippen LogP contribution in [0.1, 0.15) is 0 Å². The van der Waals surface area contributed by atoms with Crippen LogP contribution in [0.4, 0.5) is 0 Å². The monoisotopic (exact) mass is 313 g/mol. The fourth-order valence-corrected chi connectivity index (χ4v) is 2.74. The fourth-order valence-electron chi connectivity index (χ4n) is 2.74. The van der Waals surface area contributed by atoms with Crippen LogP contribution >= 0.6 is 0 Å². The molecule has 4 rings (SSSR count).